The van der Waals surface area contributed by atoms with Gasteiger partial charge in [0.05, 0.1) is 5.57 Å². The van der Waals surface area contributed by atoms with E-state index >= 15 is 0 Å². The van der Waals surface area contributed by atoms with Gasteiger partial charge in [0.15, 0.2) is 0 Å². The number of carbonyl (C=O) groups is 1. The first-order chi connectivity index (χ1) is 15.7. The summed E-state index contributed by atoms with van der Waals surface area (Å²) in [5, 5.41) is 6.12. The van der Waals surface area contributed by atoms with Crippen LogP contribution >= 0.6 is 20.7 Å². The molecule has 1 aliphatic heterocycles. The van der Waals surface area contributed by atoms with Crippen molar-refractivity contribution < 1.29 is 22.4 Å². The molecule has 0 aromatic heterocycles. The van der Waals surface area contributed by atoms with Gasteiger partial charge in [0.2, 0.25) is 5.91 Å². The Morgan fingerprint density at radius 1 is 1.15 bits per heavy atom. The minimum absolute atomic E-state index is 0.191. The molecule has 1 unspecified atom stereocenters. The summed E-state index contributed by atoms with van der Waals surface area (Å²) < 4.78 is 54.2. The fraction of sp³-hybridized carbons (Fsp3) is 0.360. The molecule has 178 valence electrons. The molecule has 0 spiro atoms. The van der Waals surface area contributed by atoms with Crippen LogP contribution in [0, 0.1) is 12.7 Å². The summed E-state index contributed by atoms with van der Waals surface area (Å²) in [7, 11) is 1.57. The Labute approximate surface area is 201 Å². The molecule has 1 amide bonds. The van der Waals surface area contributed by atoms with E-state index in [1.807, 2.05) is 30.3 Å². The van der Waals surface area contributed by atoms with Crippen LogP contribution in [0.1, 0.15) is 48.0 Å². The predicted octanol–water partition coefficient (Wildman–Crippen LogP) is 6.07. The normalized spacial score (nSPS) is 18.1. The standard InChI is InChI=1S/C25H27F4IN2O/c1-16-14-18(8-12-21(16)26)22(13-11-20-10-9-19(15-30-20)25(27,28)29)32-23(24(33)31-2)17-6-4-3-5-7-17/h3-9,12,14-15,20,22-23,32H,10-11,13H2,1-2H3,(H,31,33)/t20?,22-,23-/m1/s1. The van der Waals surface area contributed by atoms with Crippen molar-refractivity contribution in [3.8, 4) is 0 Å². The second-order valence-electron chi connectivity index (χ2n) is 7.99. The van der Waals surface area contributed by atoms with Crippen LogP contribution in [-0.2, 0) is 4.79 Å². The zero-order chi connectivity index (χ0) is 24.0. The lowest BCUT2D eigenvalue weighted by Gasteiger charge is -2.27. The predicted molar refractivity (Wildman–Crippen MR) is 132 cm³/mol. The fourth-order valence-corrected chi connectivity index (χ4v) is 6.53. The van der Waals surface area contributed by atoms with E-state index in [0.29, 0.717) is 18.4 Å². The average molecular weight is 574 g/mol. The summed E-state index contributed by atoms with van der Waals surface area (Å²) in [6.07, 6.45) is -1.24. The van der Waals surface area contributed by atoms with E-state index in [0.717, 1.165) is 17.5 Å². The number of hydrogen-bond acceptors (Lipinski definition) is 2. The fourth-order valence-electron chi connectivity index (χ4n) is 3.76. The molecule has 0 radical (unpaired) electrons. The number of rotatable bonds is 8. The van der Waals surface area contributed by atoms with Crippen LogP contribution in [0.15, 0.2) is 60.2 Å². The number of nitrogens with one attached hydrogen (secondary N) is 2. The Morgan fingerprint density at radius 2 is 1.88 bits per heavy atom. The van der Waals surface area contributed by atoms with Gasteiger partial charge in [-0.15, -0.1) is 20.7 Å². The van der Waals surface area contributed by atoms with Gasteiger partial charge in [-0.05, 0) is 53.0 Å². The molecule has 8 heteroatoms. The lowest BCUT2D eigenvalue weighted by Crippen LogP contribution is -2.38. The van der Waals surface area contributed by atoms with Gasteiger partial charge >= 0.3 is 6.18 Å². The summed E-state index contributed by atoms with van der Waals surface area (Å²) in [5.74, 6) is -0.498. The number of alkyl halides is 4. The van der Waals surface area contributed by atoms with Crippen LogP contribution in [0.25, 0.3) is 0 Å². The maximum Gasteiger partial charge on any atom is 0.416 e. The maximum absolute atomic E-state index is 13.9. The minimum Gasteiger partial charge on any atom is -0.358 e. The highest BCUT2D eigenvalue weighted by Crippen LogP contribution is 2.35. The third-order valence-corrected chi connectivity index (χ3v) is 8.82. The van der Waals surface area contributed by atoms with Crippen LogP contribution in [0.5, 0.6) is 0 Å². The zero-order valence-corrected chi connectivity index (χ0v) is 20.6. The molecule has 3 atom stereocenters. The monoisotopic (exact) mass is 574 g/mol. The van der Waals surface area contributed by atoms with E-state index in [1.54, 1.807) is 26.1 Å². The maximum atomic E-state index is 13.9. The van der Waals surface area contributed by atoms with Crippen molar-refractivity contribution in [3.63, 3.8) is 0 Å². The molecule has 2 N–H and O–H groups in total. The number of amides is 1. The van der Waals surface area contributed by atoms with Crippen molar-refractivity contribution in [2.45, 2.75) is 48.4 Å². The van der Waals surface area contributed by atoms with Gasteiger partial charge in [-0.25, -0.2) is 4.39 Å². The Balaban J connectivity index is 1.81. The molecule has 0 aliphatic carbocycles. The first kappa shape index (κ1) is 25.6. The Hall–Kier alpha value is -2.07. The average Bonchev–Trinajstić information content (AvgIpc) is 2.81. The number of allylic oxidation sites excluding steroid dienone is 2. The van der Waals surface area contributed by atoms with Crippen molar-refractivity contribution in [2.24, 2.45) is 0 Å². The number of hydrogen-bond donors (Lipinski definition) is 2. The summed E-state index contributed by atoms with van der Waals surface area (Å²) in [5.41, 5.74) is 1.64. The zero-order valence-electron chi connectivity index (χ0n) is 18.4. The van der Waals surface area contributed by atoms with Gasteiger partial charge in [-0.2, -0.15) is 13.2 Å². The molecule has 0 fully saturated rings. The lowest BCUT2D eigenvalue weighted by molar-refractivity contribution is -0.123. The van der Waals surface area contributed by atoms with Gasteiger partial charge < -0.3 is 5.32 Å². The smallest absolute Gasteiger partial charge is 0.358 e. The molecule has 2 aromatic carbocycles. The highest BCUT2D eigenvalue weighted by molar-refractivity contribution is 14.2. The molecule has 0 saturated heterocycles. The molecule has 3 nitrogen and oxygen atoms in total. The Morgan fingerprint density at radius 3 is 2.45 bits per heavy atom. The first-order valence-corrected chi connectivity index (χ1v) is 13.2. The van der Waals surface area contributed by atoms with Gasteiger partial charge in [0, 0.05) is 17.0 Å². The quantitative estimate of drug-likeness (QED) is 0.229. The molecule has 1 aliphatic rings. The van der Waals surface area contributed by atoms with Gasteiger partial charge in [0.25, 0.3) is 0 Å². The van der Waals surface area contributed by atoms with Crippen molar-refractivity contribution >= 4 is 30.6 Å². The number of carbonyl (C=O) groups excluding carboxylic acids is 1. The SMILES string of the molecule is CNC(=O)[C@H](N[C@H](CCC1CC=C(C(F)(F)F)C=I1)c1ccc(F)c(C)c1)c1ccccc1. The second kappa shape index (κ2) is 11.4. The molecule has 3 rings (SSSR count). The van der Waals surface area contributed by atoms with Gasteiger partial charge in [0.1, 0.15) is 11.9 Å². The van der Waals surface area contributed by atoms with E-state index in [9.17, 15) is 22.4 Å². The summed E-state index contributed by atoms with van der Waals surface area (Å²) in [4.78, 5) is 12.7. The van der Waals surface area contributed by atoms with E-state index < -0.39 is 38.5 Å². The molecular weight excluding hydrogens is 547 g/mol. The highest BCUT2D eigenvalue weighted by atomic mass is 127. The van der Waals surface area contributed by atoms with Crippen LogP contribution < -0.4 is 10.6 Å². The van der Waals surface area contributed by atoms with E-state index in [1.165, 1.54) is 16.2 Å². The van der Waals surface area contributed by atoms with Crippen molar-refractivity contribution in [1.82, 2.24) is 10.6 Å². The minimum atomic E-state index is -4.28. The number of aryl methyl sites for hydroxylation is 1. The van der Waals surface area contributed by atoms with Gasteiger partial charge in [-0.1, -0.05) is 48.5 Å². The highest BCUT2D eigenvalue weighted by Gasteiger charge is 2.33. The van der Waals surface area contributed by atoms with Crippen molar-refractivity contribution in [1.29, 1.82) is 0 Å². The molecule has 2 aromatic rings. The van der Waals surface area contributed by atoms with Crippen molar-refractivity contribution in [2.75, 3.05) is 7.05 Å². The van der Waals surface area contributed by atoms with E-state index in [2.05, 4.69) is 10.6 Å². The van der Waals surface area contributed by atoms with Crippen molar-refractivity contribution in [3.05, 3.63) is 82.7 Å². The molecule has 1 heterocycles. The van der Waals surface area contributed by atoms with Crippen LogP contribution in [0.4, 0.5) is 17.6 Å². The van der Waals surface area contributed by atoms with Crippen LogP contribution in [0.3, 0.4) is 0 Å². The lowest BCUT2D eigenvalue weighted by atomic mass is 9.96. The summed E-state index contributed by atoms with van der Waals surface area (Å²) >= 11 is -0.733. The van der Waals surface area contributed by atoms with Crippen LogP contribution in [-0.4, -0.2) is 27.1 Å². The second-order valence-corrected chi connectivity index (χ2v) is 11.1. The molecule has 33 heavy (non-hydrogen) atoms. The van der Waals surface area contributed by atoms with E-state index in [-0.39, 0.29) is 21.7 Å². The third-order valence-electron chi connectivity index (χ3n) is 5.64. The Bertz CT molecular complexity index is 1020. The summed E-state index contributed by atoms with van der Waals surface area (Å²) in [6.45, 7) is 1.69. The molecule has 0 bridgehead atoms. The molecule has 0 saturated carbocycles. The summed E-state index contributed by atoms with van der Waals surface area (Å²) in [6, 6.07) is 13.3. The number of benzene rings is 2. The topological polar surface area (TPSA) is 41.1 Å². The van der Waals surface area contributed by atoms with Gasteiger partial charge in [-0.3, -0.25) is 10.1 Å². The van der Waals surface area contributed by atoms with Crippen LogP contribution in [0.2, 0.25) is 0 Å². The van der Waals surface area contributed by atoms with E-state index in [4.69, 9.17) is 0 Å². The number of halogens is 5. The third kappa shape index (κ3) is 6.96. The Kier molecular flexibility index (Phi) is 8.81. The largest absolute Gasteiger partial charge is 0.416 e. The molecular formula is C25H27F4IN2O. The number of likely N-dealkylation sites (N-methyl/N-ethyl adjacent to an activating group) is 1. The first-order valence-electron chi connectivity index (χ1n) is 10.7.